The zero-order valence-electron chi connectivity index (χ0n) is 17.4. The Balaban J connectivity index is 1.86. The van der Waals surface area contributed by atoms with Gasteiger partial charge in [0.25, 0.3) is 6.43 Å². The molecule has 3 amide bonds. The molecule has 1 saturated heterocycles. The van der Waals surface area contributed by atoms with Crippen LogP contribution in [0.5, 0.6) is 5.75 Å². The third-order valence-corrected chi connectivity index (χ3v) is 6.14. The van der Waals surface area contributed by atoms with Crippen molar-refractivity contribution in [2.24, 2.45) is 0 Å². The Labute approximate surface area is 180 Å². The summed E-state index contributed by atoms with van der Waals surface area (Å²) in [6.45, 7) is 3.00. The lowest BCUT2D eigenvalue weighted by molar-refractivity contribution is -0.121. The van der Waals surface area contributed by atoms with Crippen LogP contribution in [-0.2, 0) is 14.8 Å². The molecule has 31 heavy (non-hydrogen) atoms. The van der Waals surface area contributed by atoms with Crippen LogP contribution < -0.4 is 14.8 Å². The molecule has 1 heterocycles. The van der Waals surface area contributed by atoms with Crippen LogP contribution in [0.4, 0.5) is 13.6 Å². The number of rotatable bonds is 11. The van der Waals surface area contributed by atoms with Gasteiger partial charge in [0.1, 0.15) is 12.4 Å². The molecule has 1 aromatic carbocycles. The fourth-order valence-electron chi connectivity index (χ4n) is 2.95. The zero-order valence-corrected chi connectivity index (χ0v) is 18.3. The van der Waals surface area contributed by atoms with Crippen LogP contribution in [0.15, 0.2) is 41.4 Å². The van der Waals surface area contributed by atoms with Crippen molar-refractivity contribution in [3.8, 4) is 5.75 Å². The maximum Gasteiger partial charge on any atom is 0.328 e. The Bertz CT molecular complexity index is 919. The SMILES string of the molecule is CC(C)(CCC/C=C/N1CCC(=O)NC1=O)NS(=O)(=O)c1cccc(OCC(F)F)c1. The molecule has 0 unspecified atom stereocenters. The van der Waals surface area contributed by atoms with E-state index < -0.39 is 34.6 Å². The molecule has 0 spiro atoms. The lowest BCUT2D eigenvalue weighted by atomic mass is 9.99. The first-order chi connectivity index (χ1) is 14.5. The van der Waals surface area contributed by atoms with Crippen molar-refractivity contribution in [1.82, 2.24) is 14.9 Å². The van der Waals surface area contributed by atoms with Gasteiger partial charge in [0, 0.05) is 30.8 Å². The van der Waals surface area contributed by atoms with E-state index in [0.717, 1.165) is 0 Å². The van der Waals surface area contributed by atoms with Gasteiger partial charge in [0.15, 0.2) is 0 Å². The van der Waals surface area contributed by atoms with Crippen molar-refractivity contribution in [3.63, 3.8) is 0 Å². The molecule has 2 N–H and O–H groups in total. The van der Waals surface area contributed by atoms with Gasteiger partial charge in [0.2, 0.25) is 15.9 Å². The van der Waals surface area contributed by atoms with E-state index in [1.807, 2.05) is 0 Å². The van der Waals surface area contributed by atoms with Crippen molar-refractivity contribution in [1.29, 1.82) is 0 Å². The maximum absolute atomic E-state index is 12.7. The predicted molar refractivity (Wildman–Crippen MR) is 110 cm³/mol. The maximum atomic E-state index is 12.7. The number of imide groups is 1. The molecule has 0 aromatic heterocycles. The van der Waals surface area contributed by atoms with Gasteiger partial charge in [-0.25, -0.2) is 26.7 Å². The summed E-state index contributed by atoms with van der Waals surface area (Å²) in [6, 6.07) is 4.96. The number of hydrogen-bond acceptors (Lipinski definition) is 5. The molecular formula is C20H27F2N3O5S. The molecule has 0 radical (unpaired) electrons. The van der Waals surface area contributed by atoms with Crippen LogP contribution >= 0.6 is 0 Å². The normalized spacial score (nSPS) is 15.6. The van der Waals surface area contributed by atoms with Crippen LogP contribution in [-0.4, -0.2) is 50.4 Å². The highest BCUT2D eigenvalue weighted by molar-refractivity contribution is 7.89. The van der Waals surface area contributed by atoms with E-state index in [2.05, 4.69) is 10.0 Å². The van der Waals surface area contributed by atoms with E-state index >= 15 is 0 Å². The van der Waals surface area contributed by atoms with Crippen molar-refractivity contribution in [3.05, 3.63) is 36.5 Å². The number of carbonyl (C=O) groups is 2. The smallest absolute Gasteiger partial charge is 0.328 e. The summed E-state index contributed by atoms with van der Waals surface area (Å²) in [4.78, 5) is 24.1. The molecule has 172 valence electrons. The fraction of sp³-hybridized carbons (Fsp3) is 0.500. The van der Waals surface area contributed by atoms with E-state index in [1.165, 1.54) is 29.2 Å². The van der Waals surface area contributed by atoms with E-state index in [1.54, 1.807) is 26.1 Å². The molecule has 8 nitrogen and oxygen atoms in total. The first-order valence-corrected chi connectivity index (χ1v) is 11.3. The molecule has 0 atom stereocenters. The summed E-state index contributed by atoms with van der Waals surface area (Å²) in [5, 5.41) is 2.23. The van der Waals surface area contributed by atoms with E-state index in [-0.39, 0.29) is 23.0 Å². The summed E-state index contributed by atoms with van der Waals surface area (Å²) in [5.41, 5.74) is -0.762. The molecular weight excluding hydrogens is 432 g/mol. The summed E-state index contributed by atoms with van der Waals surface area (Å²) >= 11 is 0. The third-order valence-electron chi connectivity index (χ3n) is 4.45. The topological polar surface area (TPSA) is 105 Å². The minimum atomic E-state index is -3.88. The fourth-order valence-corrected chi connectivity index (χ4v) is 4.42. The number of ether oxygens (including phenoxy) is 1. The molecule has 1 fully saturated rings. The Morgan fingerprint density at radius 3 is 2.74 bits per heavy atom. The molecule has 0 aliphatic carbocycles. The van der Waals surface area contributed by atoms with E-state index in [4.69, 9.17) is 4.74 Å². The zero-order chi connectivity index (χ0) is 23.1. The second-order valence-electron chi connectivity index (χ2n) is 7.74. The average Bonchev–Trinajstić information content (AvgIpc) is 2.67. The summed E-state index contributed by atoms with van der Waals surface area (Å²) in [7, 11) is -3.88. The van der Waals surface area contributed by atoms with Gasteiger partial charge in [-0.1, -0.05) is 12.1 Å². The van der Waals surface area contributed by atoms with Crippen LogP contribution in [0.25, 0.3) is 0 Å². The minimum absolute atomic E-state index is 0.0505. The Morgan fingerprint density at radius 1 is 1.32 bits per heavy atom. The van der Waals surface area contributed by atoms with Gasteiger partial charge in [-0.3, -0.25) is 10.1 Å². The highest BCUT2D eigenvalue weighted by Crippen LogP contribution is 2.22. The Hall–Kier alpha value is -2.53. The minimum Gasteiger partial charge on any atom is -0.488 e. The van der Waals surface area contributed by atoms with E-state index in [0.29, 0.717) is 25.8 Å². The van der Waals surface area contributed by atoms with Gasteiger partial charge in [-0.05, 0) is 45.2 Å². The molecule has 0 bridgehead atoms. The highest BCUT2D eigenvalue weighted by atomic mass is 32.2. The van der Waals surface area contributed by atoms with Crippen LogP contribution in [0, 0.1) is 0 Å². The van der Waals surface area contributed by atoms with E-state index in [9.17, 15) is 26.8 Å². The monoisotopic (exact) mass is 459 g/mol. The Kier molecular flexibility index (Phi) is 8.52. The number of carbonyl (C=O) groups excluding carboxylic acids is 2. The summed E-state index contributed by atoms with van der Waals surface area (Å²) < 4.78 is 57.5. The second kappa shape index (κ2) is 10.7. The van der Waals surface area contributed by atoms with Gasteiger partial charge < -0.3 is 9.64 Å². The van der Waals surface area contributed by atoms with Crippen LogP contribution in [0.2, 0.25) is 0 Å². The molecule has 2 rings (SSSR count). The number of sulfonamides is 1. The first-order valence-electron chi connectivity index (χ1n) is 9.81. The van der Waals surface area contributed by atoms with Gasteiger partial charge in [0.05, 0.1) is 4.90 Å². The van der Waals surface area contributed by atoms with Crippen molar-refractivity contribution in [2.75, 3.05) is 13.2 Å². The number of allylic oxidation sites excluding steroid dienone is 1. The van der Waals surface area contributed by atoms with Gasteiger partial charge in [-0.2, -0.15) is 0 Å². The summed E-state index contributed by atoms with van der Waals surface area (Å²) in [6.07, 6.45) is 2.78. The molecule has 0 saturated carbocycles. The van der Waals surface area contributed by atoms with Gasteiger partial charge in [-0.15, -0.1) is 0 Å². The third kappa shape index (κ3) is 8.25. The number of benzene rings is 1. The number of halogens is 2. The quantitative estimate of drug-likeness (QED) is 0.495. The first kappa shape index (κ1) is 24.7. The molecule has 11 heteroatoms. The second-order valence-corrected chi connectivity index (χ2v) is 9.42. The van der Waals surface area contributed by atoms with Crippen molar-refractivity contribution in [2.45, 2.75) is 56.4 Å². The number of unbranched alkanes of at least 4 members (excludes halogenated alkanes) is 1. The lowest BCUT2D eigenvalue weighted by Gasteiger charge is -2.26. The number of nitrogens with one attached hydrogen (secondary N) is 2. The van der Waals surface area contributed by atoms with Crippen molar-refractivity contribution < 1.29 is 31.5 Å². The lowest BCUT2D eigenvalue weighted by Crippen LogP contribution is -2.46. The summed E-state index contributed by atoms with van der Waals surface area (Å²) in [5.74, 6) is -0.246. The molecule has 1 aliphatic rings. The number of hydrogen-bond donors (Lipinski definition) is 2. The predicted octanol–water partition coefficient (Wildman–Crippen LogP) is 3.01. The number of nitrogens with zero attached hydrogens (tertiary/aromatic N) is 1. The highest BCUT2D eigenvalue weighted by Gasteiger charge is 2.26. The molecule has 1 aromatic rings. The van der Waals surface area contributed by atoms with Gasteiger partial charge >= 0.3 is 6.03 Å². The Morgan fingerprint density at radius 2 is 2.06 bits per heavy atom. The number of urea groups is 1. The van der Waals surface area contributed by atoms with Crippen LogP contribution in [0.3, 0.4) is 0 Å². The molecule has 1 aliphatic heterocycles. The average molecular weight is 460 g/mol. The number of alkyl halides is 2. The largest absolute Gasteiger partial charge is 0.488 e. The van der Waals surface area contributed by atoms with Crippen molar-refractivity contribution >= 4 is 22.0 Å². The number of amides is 3. The standard InChI is InChI=1S/C20H27F2N3O5S/c1-20(2,10-4-3-5-11-25-12-9-18(26)23-19(25)27)24-31(28,29)16-8-6-7-15(13-16)30-14-17(21)22/h5-8,11,13,17,24H,3-4,9-10,12,14H2,1-2H3,(H,23,26,27)/b11-5+. The van der Waals surface area contributed by atoms with Crippen LogP contribution in [0.1, 0.15) is 39.5 Å².